The number of oxazole rings is 1. The van der Waals surface area contributed by atoms with Crippen molar-refractivity contribution in [3.8, 4) is 11.3 Å². The van der Waals surface area contributed by atoms with Crippen molar-refractivity contribution in [1.29, 1.82) is 0 Å². The lowest BCUT2D eigenvalue weighted by Gasteiger charge is -1.95. The summed E-state index contributed by atoms with van der Waals surface area (Å²) in [5.41, 5.74) is 3.66. The van der Waals surface area contributed by atoms with Gasteiger partial charge in [0.05, 0.1) is 11.9 Å². The van der Waals surface area contributed by atoms with Gasteiger partial charge in [-0.25, -0.2) is 9.97 Å². The van der Waals surface area contributed by atoms with Crippen molar-refractivity contribution in [2.75, 3.05) is 0 Å². The highest BCUT2D eigenvalue weighted by atomic mass is 79.9. The summed E-state index contributed by atoms with van der Waals surface area (Å²) in [5, 5.41) is 0. The fourth-order valence-corrected chi connectivity index (χ4v) is 1.97. The molecule has 2 heterocycles. The van der Waals surface area contributed by atoms with Crippen LogP contribution in [0.15, 0.2) is 33.5 Å². The summed E-state index contributed by atoms with van der Waals surface area (Å²) in [6.07, 6.45) is 1.78. The van der Waals surface area contributed by atoms with Crippen molar-refractivity contribution in [2.45, 2.75) is 6.92 Å². The number of nitrogens with zero attached hydrogens (tertiary/aromatic N) is 2. The van der Waals surface area contributed by atoms with Crippen molar-refractivity contribution < 1.29 is 4.42 Å². The van der Waals surface area contributed by atoms with Gasteiger partial charge in [-0.2, -0.15) is 0 Å². The van der Waals surface area contributed by atoms with E-state index in [4.69, 9.17) is 4.42 Å². The number of aryl methyl sites for hydroxylation is 1. The van der Waals surface area contributed by atoms with E-state index in [0.29, 0.717) is 5.89 Å². The molecule has 16 heavy (non-hydrogen) atoms. The Morgan fingerprint density at radius 3 is 3.00 bits per heavy atom. The first-order valence-electron chi connectivity index (χ1n) is 4.80. The topological polar surface area (TPSA) is 54.7 Å². The zero-order valence-corrected chi connectivity index (χ0v) is 10.1. The fraction of sp³-hybridized carbons (Fsp3) is 0.0909. The van der Waals surface area contributed by atoms with E-state index in [9.17, 15) is 0 Å². The van der Waals surface area contributed by atoms with Crippen molar-refractivity contribution in [1.82, 2.24) is 15.0 Å². The standard InChI is InChI=1S/C11H8BrN3O/c1-6-14-8-4-7(2-3-10(8)16-6)9-5-13-11(12)15-9/h2-5H,1H3,(H,13,15). The quantitative estimate of drug-likeness (QED) is 0.743. The fourth-order valence-electron chi connectivity index (χ4n) is 1.65. The molecule has 0 amide bonds. The minimum absolute atomic E-state index is 0.679. The number of hydrogen-bond donors (Lipinski definition) is 1. The Labute approximate surface area is 99.8 Å². The second-order valence-electron chi connectivity index (χ2n) is 3.50. The van der Waals surface area contributed by atoms with Crippen LogP contribution in [-0.2, 0) is 0 Å². The van der Waals surface area contributed by atoms with Gasteiger partial charge in [-0.15, -0.1) is 0 Å². The number of H-pyrrole nitrogens is 1. The highest BCUT2D eigenvalue weighted by molar-refractivity contribution is 9.10. The minimum Gasteiger partial charge on any atom is -0.441 e. The predicted octanol–water partition coefficient (Wildman–Crippen LogP) is 3.29. The van der Waals surface area contributed by atoms with E-state index in [2.05, 4.69) is 30.9 Å². The molecule has 0 radical (unpaired) electrons. The number of imidazole rings is 1. The first-order chi connectivity index (χ1) is 7.72. The summed E-state index contributed by atoms with van der Waals surface area (Å²) in [6.45, 7) is 1.84. The summed E-state index contributed by atoms with van der Waals surface area (Å²) in [6, 6.07) is 5.87. The van der Waals surface area contributed by atoms with Gasteiger partial charge in [0.15, 0.2) is 16.2 Å². The number of rotatable bonds is 1. The highest BCUT2D eigenvalue weighted by Gasteiger charge is 2.06. The smallest absolute Gasteiger partial charge is 0.192 e. The number of fused-ring (bicyclic) bond motifs is 1. The van der Waals surface area contributed by atoms with E-state index in [1.165, 1.54) is 0 Å². The number of hydrogen-bond acceptors (Lipinski definition) is 3. The zero-order chi connectivity index (χ0) is 11.1. The van der Waals surface area contributed by atoms with Gasteiger partial charge in [0, 0.05) is 12.5 Å². The van der Waals surface area contributed by atoms with E-state index in [0.717, 1.165) is 27.1 Å². The Morgan fingerprint density at radius 2 is 2.25 bits per heavy atom. The summed E-state index contributed by atoms with van der Waals surface area (Å²) in [7, 11) is 0. The van der Waals surface area contributed by atoms with E-state index in [1.807, 2.05) is 25.1 Å². The molecule has 4 nitrogen and oxygen atoms in total. The molecule has 1 N–H and O–H groups in total. The lowest BCUT2D eigenvalue weighted by molar-refractivity contribution is 0.561. The van der Waals surface area contributed by atoms with Gasteiger partial charge in [-0.3, -0.25) is 0 Å². The van der Waals surface area contributed by atoms with Crippen LogP contribution in [0.2, 0.25) is 0 Å². The molecule has 0 atom stereocenters. The molecule has 80 valence electrons. The molecular formula is C11H8BrN3O. The van der Waals surface area contributed by atoms with Gasteiger partial charge in [0.1, 0.15) is 5.52 Å². The predicted molar refractivity (Wildman–Crippen MR) is 64.0 cm³/mol. The van der Waals surface area contributed by atoms with Gasteiger partial charge in [0.25, 0.3) is 0 Å². The summed E-state index contributed by atoms with van der Waals surface area (Å²) in [4.78, 5) is 11.5. The highest BCUT2D eigenvalue weighted by Crippen LogP contribution is 2.24. The molecule has 0 aliphatic carbocycles. The Hall–Kier alpha value is -1.62. The van der Waals surface area contributed by atoms with E-state index < -0.39 is 0 Å². The Balaban J connectivity index is 2.17. The molecule has 0 bridgehead atoms. The molecule has 0 aliphatic rings. The molecule has 1 aromatic carbocycles. The Bertz CT molecular complexity index is 656. The van der Waals surface area contributed by atoms with Gasteiger partial charge in [-0.05, 0) is 34.1 Å². The van der Waals surface area contributed by atoms with Crippen LogP contribution in [0.5, 0.6) is 0 Å². The third kappa shape index (κ3) is 1.53. The SMILES string of the molecule is Cc1nc2cc(-c3cnc(Br)[nH]3)ccc2o1. The van der Waals surface area contributed by atoms with Crippen LogP contribution in [0.25, 0.3) is 22.4 Å². The summed E-state index contributed by atoms with van der Waals surface area (Å²) in [5.74, 6) is 0.679. The number of nitrogens with one attached hydrogen (secondary N) is 1. The molecule has 0 spiro atoms. The molecular weight excluding hydrogens is 270 g/mol. The maximum absolute atomic E-state index is 5.42. The molecule has 5 heteroatoms. The molecule has 3 rings (SSSR count). The summed E-state index contributed by atoms with van der Waals surface area (Å²) >= 11 is 3.28. The Kier molecular flexibility index (Phi) is 2.07. The van der Waals surface area contributed by atoms with Crippen molar-refractivity contribution in [3.05, 3.63) is 35.0 Å². The second kappa shape index (κ2) is 3.45. The lowest BCUT2D eigenvalue weighted by Crippen LogP contribution is -1.77. The number of benzene rings is 1. The van der Waals surface area contributed by atoms with Crippen LogP contribution in [-0.4, -0.2) is 15.0 Å². The van der Waals surface area contributed by atoms with E-state index in [1.54, 1.807) is 6.20 Å². The summed E-state index contributed by atoms with van der Waals surface area (Å²) < 4.78 is 6.14. The van der Waals surface area contributed by atoms with Gasteiger partial charge in [-0.1, -0.05) is 0 Å². The van der Waals surface area contributed by atoms with E-state index >= 15 is 0 Å². The second-order valence-corrected chi connectivity index (χ2v) is 4.25. The largest absolute Gasteiger partial charge is 0.441 e. The molecule has 0 saturated carbocycles. The monoisotopic (exact) mass is 277 g/mol. The van der Waals surface area contributed by atoms with Crippen molar-refractivity contribution in [2.24, 2.45) is 0 Å². The van der Waals surface area contributed by atoms with Crippen LogP contribution in [0, 0.1) is 6.92 Å². The van der Waals surface area contributed by atoms with Crippen LogP contribution in [0.4, 0.5) is 0 Å². The van der Waals surface area contributed by atoms with Crippen LogP contribution >= 0.6 is 15.9 Å². The van der Waals surface area contributed by atoms with Crippen molar-refractivity contribution >= 4 is 27.0 Å². The lowest BCUT2D eigenvalue weighted by atomic mass is 10.1. The first-order valence-corrected chi connectivity index (χ1v) is 5.60. The van der Waals surface area contributed by atoms with E-state index in [-0.39, 0.29) is 0 Å². The number of halogens is 1. The van der Waals surface area contributed by atoms with Gasteiger partial charge in [0.2, 0.25) is 0 Å². The third-order valence-corrected chi connectivity index (χ3v) is 2.75. The maximum atomic E-state index is 5.42. The average molecular weight is 278 g/mol. The van der Waals surface area contributed by atoms with Crippen LogP contribution < -0.4 is 0 Å². The molecule has 0 fully saturated rings. The minimum atomic E-state index is 0.679. The molecule has 0 unspecified atom stereocenters. The molecule has 0 saturated heterocycles. The van der Waals surface area contributed by atoms with Gasteiger partial charge < -0.3 is 9.40 Å². The molecule has 2 aromatic heterocycles. The molecule has 0 aliphatic heterocycles. The van der Waals surface area contributed by atoms with Crippen LogP contribution in [0.3, 0.4) is 0 Å². The van der Waals surface area contributed by atoms with Gasteiger partial charge >= 0.3 is 0 Å². The Morgan fingerprint density at radius 1 is 1.38 bits per heavy atom. The molecule has 3 aromatic rings. The number of aromatic amines is 1. The number of aromatic nitrogens is 3. The normalized spacial score (nSPS) is 11.1. The third-order valence-electron chi connectivity index (χ3n) is 2.35. The van der Waals surface area contributed by atoms with Crippen LogP contribution in [0.1, 0.15) is 5.89 Å². The maximum Gasteiger partial charge on any atom is 0.192 e. The zero-order valence-electron chi connectivity index (χ0n) is 8.49. The van der Waals surface area contributed by atoms with Crippen molar-refractivity contribution in [3.63, 3.8) is 0 Å². The first kappa shape index (κ1) is 9.59. The average Bonchev–Trinajstić information content (AvgIpc) is 2.81.